The molecule has 0 bridgehead atoms. The molecule has 0 aliphatic carbocycles. The van der Waals surface area contributed by atoms with Gasteiger partial charge in [0.15, 0.2) is 17.0 Å². The molecule has 1 aromatic carbocycles. The van der Waals surface area contributed by atoms with Crippen molar-refractivity contribution in [1.82, 2.24) is 25.0 Å². The standard InChI is InChI=1S/C17H22N6O3/c1-25-13-8-12(9-14(10-13)26-2)4-6-23-17-15(21-22-23)16(19-11-20-17)18-5-3-7-24/h8-11,24H,3-7H2,1-2H3,(H,18,19,20). The van der Waals surface area contributed by atoms with Crippen molar-refractivity contribution in [3.8, 4) is 11.5 Å². The van der Waals surface area contributed by atoms with E-state index in [-0.39, 0.29) is 6.61 Å². The van der Waals surface area contributed by atoms with Crippen LogP contribution in [0.1, 0.15) is 12.0 Å². The van der Waals surface area contributed by atoms with Crippen LogP contribution >= 0.6 is 0 Å². The number of rotatable bonds is 9. The van der Waals surface area contributed by atoms with Crippen LogP contribution in [0.4, 0.5) is 5.82 Å². The summed E-state index contributed by atoms with van der Waals surface area (Å²) in [5.41, 5.74) is 2.36. The van der Waals surface area contributed by atoms with Crippen LogP contribution in [0.15, 0.2) is 24.5 Å². The Balaban J connectivity index is 1.76. The molecule has 26 heavy (non-hydrogen) atoms. The highest BCUT2D eigenvalue weighted by atomic mass is 16.5. The van der Waals surface area contributed by atoms with Crippen molar-refractivity contribution in [1.29, 1.82) is 0 Å². The normalized spacial score (nSPS) is 10.9. The minimum atomic E-state index is 0.123. The second kappa shape index (κ2) is 8.43. The van der Waals surface area contributed by atoms with Gasteiger partial charge in [-0.1, -0.05) is 5.21 Å². The number of ether oxygens (including phenoxy) is 2. The lowest BCUT2D eigenvalue weighted by Gasteiger charge is -2.08. The number of nitrogens with zero attached hydrogens (tertiary/aromatic N) is 5. The molecule has 9 nitrogen and oxygen atoms in total. The van der Waals surface area contributed by atoms with Crippen LogP contribution in [0.5, 0.6) is 11.5 Å². The van der Waals surface area contributed by atoms with Gasteiger partial charge >= 0.3 is 0 Å². The molecule has 0 atom stereocenters. The van der Waals surface area contributed by atoms with E-state index in [1.807, 2.05) is 18.2 Å². The third-order valence-corrected chi connectivity index (χ3v) is 3.95. The Morgan fingerprint density at radius 1 is 1.12 bits per heavy atom. The molecule has 9 heteroatoms. The van der Waals surface area contributed by atoms with Crippen molar-refractivity contribution < 1.29 is 14.6 Å². The number of hydrogen-bond donors (Lipinski definition) is 2. The van der Waals surface area contributed by atoms with Crippen LogP contribution in [-0.2, 0) is 13.0 Å². The highest BCUT2D eigenvalue weighted by molar-refractivity contribution is 5.81. The van der Waals surface area contributed by atoms with Crippen molar-refractivity contribution in [3.05, 3.63) is 30.1 Å². The summed E-state index contributed by atoms with van der Waals surface area (Å²) in [4.78, 5) is 8.50. The van der Waals surface area contributed by atoms with Gasteiger partial charge in [0, 0.05) is 25.8 Å². The van der Waals surface area contributed by atoms with E-state index in [2.05, 4.69) is 25.6 Å². The summed E-state index contributed by atoms with van der Waals surface area (Å²) in [6.07, 6.45) is 2.85. The number of anilines is 1. The minimum absolute atomic E-state index is 0.123. The number of nitrogens with one attached hydrogen (secondary N) is 1. The van der Waals surface area contributed by atoms with Gasteiger partial charge in [-0.15, -0.1) is 5.10 Å². The maximum Gasteiger partial charge on any atom is 0.183 e. The summed E-state index contributed by atoms with van der Waals surface area (Å²) in [5.74, 6) is 2.12. The van der Waals surface area contributed by atoms with Gasteiger partial charge in [0.2, 0.25) is 0 Å². The van der Waals surface area contributed by atoms with Gasteiger partial charge in [-0.2, -0.15) is 0 Å². The molecule has 0 spiro atoms. The summed E-state index contributed by atoms with van der Waals surface area (Å²) in [6.45, 7) is 1.34. The van der Waals surface area contributed by atoms with Gasteiger partial charge in [-0.3, -0.25) is 0 Å². The van der Waals surface area contributed by atoms with Gasteiger partial charge in [-0.05, 0) is 30.5 Å². The van der Waals surface area contributed by atoms with Gasteiger partial charge in [-0.25, -0.2) is 14.6 Å². The first-order chi connectivity index (χ1) is 12.7. The molecule has 0 unspecified atom stereocenters. The molecule has 3 aromatic rings. The van der Waals surface area contributed by atoms with E-state index in [0.717, 1.165) is 23.5 Å². The predicted molar refractivity (Wildman–Crippen MR) is 96.6 cm³/mol. The Labute approximate surface area is 151 Å². The third kappa shape index (κ3) is 3.99. The lowest BCUT2D eigenvalue weighted by Crippen LogP contribution is -2.07. The average Bonchev–Trinajstić information content (AvgIpc) is 3.10. The van der Waals surface area contributed by atoms with Crippen LogP contribution in [0.2, 0.25) is 0 Å². The number of benzene rings is 1. The summed E-state index contributed by atoms with van der Waals surface area (Å²) in [5, 5.41) is 20.4. The maximum absolute atomic E-state index is 8.89. The monoisotopic (exact) mass is 358 g/mol. The maximum atomic E-state index is 8.89. The summed E-state index contributed by atoms with van der Waals surface area (Å²) < 4.78 is 12.4. The van der Waals surface area contributed by atoms with Gasteiger partial charge < -0.3 is 19.9 Å². The number of methoxy groups -OCH3 is 2. The van der Waals surface area contributed by atoms with Crippen molar-refractivity contribution in [2.45, 2.75) is 19.4 Å². The molecule has 2 N–H and O–H groups in total. The first kappa shape index (κ1) is 17.9. The lowest BCUT2D eigenvalue weighted by atomic mass is 10.1. The van der Waals surface area contributed by atoms with E-state index < -0.39 is 0 Å². The fourth-order valence-corrected chi connectivity index (χ4v) is 2.60. The van der Waals surface area contributed by atoms with Crippen LogP contribution < -0.4 is 14.8 Å². The largest absolute Gasteiger partial charge is 0.497 e. The van der Waals surface area contributed by atoms with E-state index in [0.29, 0.717) is 36.5 Å². The van der Waals surface area contributed by atoms with Crippen molar-refractivity contribution in [3.63, 3.8) is 0 Å². The Kier molecular flexibility index (Phi) is 5.80. The zero-order chi connectivity index (χ0) is 18.4. The van der Waals surface area contributed by atoms with Crippen LogP contribution in [0.3, 0.4) is 0 Å². The molecule has 0 fully saturated rings. The van der Waals surface area contributed by atoms with Gasteiger partial charge in [0.25, 0.3) is 0 Å². The predicted octanol–water partition coefficient (Wildman–Crippen LogP) is 1.28. The number of aromatic nitrogens is 5. The SMILES string of the molecule is COc1cc(CCn2nnc3c(NCCCO)ncnc32)cc(OC)c1. The first-order valence-electron chi connectivity index (χ1n) is 8.36. The minimum Gasteiger partial charge on any atom is -0.497 e. The van der Waals surface area contributed by atoms with E-state index in [9.17, 15) is 0 Å². The number of aliphatic hydroxyl groups excluding tert-OH is 1. The molecule has 0 amide bonds. The molecule has 3 rings (SSSR count). The number of aliphatic hydroxyl groups is 1. The Bertz CT molecular complexity index is 845. The summed E-state index contributed by atoms with van der Waals surface area (Å²) >= 11 is 0. The average molecular weight is 358 g/mol. The van der Waals surface area contributed by atoms with Crippen LogP contribution in [0, 0.1) is 0 Å². The zero-order valence-corrected chi connectivity index (χ0v) is 14.8. The molecule has 0 aliphatic rings. The van der Waals surface area contributed by atoms with E-state index >= 15 is 0 Å². The highest BCUT2D eigenvalue weighted by Crippen LogP contribution is 2.23. The van der Waals surface area contributed by atoms with E-state index in [4.69, 9.17) is 14.6 Å². The van der Waals surface area contributed by atoms with Crippen LogP contribution in [0.25, 0.3) is 11.2 Å². The molecular formula is C17H22N6O3. The third-order valence-electron chi connectivity index (χ3n) is 3.95. The lowest BCUT2D eigenvalue weighted by molar-refractivity contribution is 0.292. The van der Waals surface area contributed by atoms with E-state index in [1.165, 1.54) is 6.33 Å². The topological polar surface area (TPSA) is 107 Å². The van der Waals surface area contributed by atoms with E-state index in [1.54, 1.807) is 18.9 Å². The molecule has 2 aromatic heterocycles. The number of aryl methyl sites for hydroxylation is 2. The molecule has 138 valence electrons. The number of hydrogen-bond acceptors (Lipinski definition) is 8. The molecular weight excluding hydrogens is 336 g/mol. The molecule has 0 saturated carbocycles. The van der Waals surface area contributed by atoms with Gasteiger partial charge in [0.05, 0.1) is 14.2 Å². The Morgan fingerprint density at radius 2 is 1.88 bits per heavy atom. The highest BCUT2D eigenvalue weighted by Gasteiger charge is 2.12. The van der Waals surface area contributed by atoms with Crippen LogP contribution in [-0.4, -0.2) is 57.4 Å². The van der Waals surface area contributed by atoms with Crippen molar-refractivity contribution in [2.75, 3.05) is 32.7 Å². The zero-order valence-electron chi connectivity index (χ0n) is 14.8. The quantitative estimate of drug-likeness (QED) is 0.551. The fourth-order valence-electron chi connectivity index (χ4n) is 2.60. The molecule has 2 heterocycles. The van der Waals surface area contributed by atoms with Gasteiger partial charge in [0.1, 0.15) is 17.8 Å². The second-order valence-electron chi connectivity index (χ2n) is 5.68. The second-order valence-corrected chi connectivity index (χ2v) is 5.68. The Hall–Kier alpha value is -2.94. The number of fused-ring (bicyclic) bond motifs is 1. The van der Waals surface area contributed by atoms with Crippen molar-refractivity contribution in [2.24, 2.45) is 0 Å². The molecule has 0 saturated heterocycles. The summed E-state index contributed by atoms with van der Waals surface area (Å²) in [6, 6.07) is 5.78. The van der Waals surface area contributed by atoms with Crippen molar-refractivity contribution >= 4 is 17.0 Å². The fraction of sp³-hybridized carbons (Fsp3) is 0.412. The molecule has 0 aliphatic heterocycles. The molecule has 0 radical (unpaired) electrons. The first-order valence-corrected chi connectivity index (χ1v) is 8.36. The summed E-state index contributed by atoms with van der Waals surface area (Å²) in [7, 11) is 3.26. The smallest absolute Gasteiger partial charge is 0.183 e. The Morgan fingerprint density at radius 3 is 2.58 bits per heavy atom.